The molecule has 0 aliphatic carbocycles. The van der Waals surface area contributed by atoms with Crippen LogP contribution in [0.25, 0.3) is 0 Å². The van der Waals surface area contributed by atoms with E-state index in [4.69, 9.17) is 21.5 Å². The van der Waals surface area contributed by atoms with E-state index >= 15 is 0 Å². The summed E-state index contributed by atoms with van der Waals surface area (Å²) in [5.41, 5.74) is -0.315. The van der Waals surface area contributed by atoms with E-state index in [1.54, 1.807) is 0 Å². The van der Waals surface area contributed by atoms with Crippen molar-refractivity contribution < 1.29 is 23.2 Å². The molecule has 0 saturated carbocycles. The van der Waals surface area contributed by atoms with Crippen LogP contribution in [0.4, 0.5) is 0 Å². The predicted molar refractivity (Wildman–Crippen MR) is 77.2 cm³/mol. The number of carboxylic acids is 1. The zero-order chi connectivity index (χ0) is 15.5. The molecule has 9 heteroatoms. The fraction of sp³-hybridized carbons (Fsp3) is 0.364. The molecule has 0 unspecified atom stereocenters. The first-order valence-corrected chi connectivity index (χ1v) is 8.16. The number of halogens is 2. The Morgan fingerprint density at radius 1 is 1.50 bits per heavy atom. The van der Waals surface area contributed by atoms with Crippen LogP contribution in [0, 0.1) is 5.92 Å². The first-order valence-electron chi connectivity index (χ1n) is 5.51. The van der Waals surface area contributed by atoms with E-state index in [-0.39, 0.29) is 32.5 Å². The van der Waals surface area contributed by atoms with Crippen molar-refractivity contribution in [3.63, 3.8) is 0 Å². The summed E-state index contributed by atoms with van der Waals surface area (Å²) in [5, 5.41) is 8.91. The van der Waals surface area contributed by atoms with Gasteiger partial charge in [-0.2, -0.15) is 0 Å². The molecular weight excluding hydrogens is 374 g/mol. The third kappa shape index (κ3) is 4.42. The highest BCUT2D eigenvalue weighted by molar-refractivity contribution is 9.10. The van der Waals surface area contributed by atoms with Gasteiger partial charge in [-0.15, -0.1) is 0 Å². The molecule has 0 saturated heterocycles. The smallest absolute Gasteiger partial charge is 0.337 e. The predicted octanol–water partition coefficient (Wildman–Crippen LogP) is 2.67. The number of benzene rings is 1. The van der Waals surface area contributed by atoms with Gasteiger partial charge in [-0.3, -0.25) is 4.84 Å². The van der Waals surface area contributed by atoms with E-state index in [0.29, 0.717) is 0 Å². The SMILES string of the molecule is CC(C)CONS(=O)(=O)c1cc(Br)c(Cl)c(C(=O)O)c1. The highest BCUT2D eigenvalue weighted by atomic mass is 79.9. The Morgan fingerprint density at radius 3 is 2.60 bits per heavy atom. The summed E-state index contributed by atoms with van der Waals surface area (Å²) in [4.78, 5) is 17.5. The summed E-state index contributed by atoms with van der Waals surface area (Å²) in [6.07, 6.45) is 0. The number of hydrogen-bond acceptors (Lipinski definition) is 4. The standard InChI is InChI=1S/C11H13BrClNO5S/c1-6(2)5-19-14-20(17,18)7-3-8(11(15)16)10(13)9(12)4-7/h3-4,6,14H,5H2,1-2H3,(H,15,16). The Balaban J connectivity index is 3.10. The number of aromatic carboxylic acids is 1. The van der Waals surface area contributed by atoms with Gasteiger partial charge in [-0.25, -0.2) is 13.2 Å². The van der Waals surface area contributed by atoms with Gasteiger partial charge in [0.05, 0.1) is 22.1 Å². The van der Waals surface area contributed by atoms with Crippen LogP contribution in [0.1, 0.15) is 24.2 Å². The van der Waals surface area contributed by atoms with Crippen LogP contribution in [-0.4, -0.2) is 26.1 Å². The second kappa shape index (κ2) is 6.86. The highest BCUT2D eigenvalue weighted by Crippen LogP contribution is 2.29. The Kier molecular flexibility index (Phi) is 5.96. The molecule has 0 bridgehead atoms. The minimum absolute atomic E-state index is 0.0699. The third-order valence-electron chi connectivity index (χ3n) is 2.13. The summed E-state index contributed by atoms with van der Waals surface area (Å²) in [6.45, 7) is 3.91. The lowest BCUT2D eigenvalue weighted by Gasteiger charge is -2.10. The number of carboxylic acid groups (broad SMARTS) is 1. The van der Waals surface area contributed by atoms with Crippen molar-refractivity contribution in [3.05, 3.63) is 27.2 Å². The number of sulfonamides is 1. The summed E-state index contributed by atoms with van der Waals surface area (Å²) in [6, 6.07) is 2.17. The molecule has 1 aromatic rings. The van der Waals surface area contributed by atoms with Crippen molar-refractivity contribution in [3.8, 4) is 0 Å². The van der Waals surface area contributed by atoms with Crippen molar-refractivity contribution in [2.45, 2.75) is 18.7 Å². The van der Waals surface area contributed by atoms with E-state index in [2.05, 4.69) is 15.9 Å². The van der Waals surface area contributed by atoms with Gasteiger partial charge in [0.25, 0.3) is 10.0 Å². The largest absolute Gasteiger partial charge is 0.478 e. The van der Waals surface area contributed by atoms with E-state index in [9.17, 15) is 13.2 Å². The van der Waals surface area contributed by atoms with E-state index in [0.717, 1.165) is 6.07 Å². The molecule has 0 aromatic heterocycles. The van der Waals surface area contributed by atoms with Crippen LogP contribution in [0.15, 0.2) is 21.5 Å². The molecule has 1 rings (SSSR count). The molecule has 6 nitrogen and oxygen atoms in total. The van der Waals surface area contributed by atoms with Crippen LogP contribution < -0.4 is 4.89 Å². The third-order valence-corrected chi connectivity index (χ3v) is 4.58. The topological polar surface area (TPSA) is 92.7 Å². The van der Waals surface area contributed by atoms with Crippen molar-refractivity contribution in [2.24, 2.45) is 5.92 Å². The van der Waals surface area contributed by atoms with Crippen LogP contribution in [0.2, 0.25) is 5.02 Å². The van der Waals surface area contributed by atoms with Crippen molar-refractivity contribution >= 4 is 43.5 Å². The van der Waals surface area contributed by atoms with Gasteiger partial charge in [0, 0.05) is 4.47 Å². The van der Waals surface area contributed by atoms with Crippen molar-refractivity contribution in [2.75, 3.05) is 6.61 Å². The van der Waals surface area contributed by atoms with Gasteiger partial charge in [0.1, 0.15) is 0 Å². The molecule has 0 heterocycles. The summed E-state index contributed by atoms with van der Waals surface area (Å²) in [5.74, 6) is -1.18. The molecule has 0 fully saturated rings. The first kappa shape index (κ1) is 17.4. The first-order chi connectivity index (χ1) is 9.15. The van der Waals surface area contributed by atoms with Gasteiger partial charge in [0.2, 0.25) is 0 Å². The monoisotopic (exact) mass is 385 g/mol. The average Bonchev–Trinajstić information content (AvgIpc) is 2.31. The van der Waals surface area contributed by atoms with Crippen molar-refractivity contribution in [1.82, 2.24) is 4.89 Å². The van der Waals surface area contributed by atoms with E-state index < -0.39 is 16.0 Å². The Hall–Kier alpha value is -0.670. The molecule has 2 N–H and O–H groups in total. The molecule has 0 atom stereocenters. The quantitative estimate of drug-likeness (QED) is 0.733. The van der Waals surface area contributed by atoms with Crippen LogP contribution >= 0.6 is 27.5 Å². The van der Waals surface area contributed by atoms with E-state index in [1.165, 1.54) is 6.07 Å². The fourth-order valence-electron chi connectivity index (χ4n) is 1.20. The number of carbonyl (C=O) groups is 1. The lowest BCUT2D eigenvalue weighted by atomic mass is 10.2. The molecule has 20 heavy (non-hydrogen) atoms. The Labute approximate surface area is 130 Å². The molecular formula is C11H13BrClNO5S. The Bertz CT molecular complexity index is 617. The zero-order valence-electron chi connectivity index (χ0n) is 10.7. The minimum atomic E-state index is -3.98. The van der Waals surface area contributed by atoms with Gasteiger partial charge in [0.15, 0.2) is 0 Å². The van der Waals surface area contributed by atoms with E-state index in [1.807, 2.05) is 18.7 Å². The van der Waals surface area contributed by atoms with Gasteiger partial charge in [-0.05, 0) is 34.0 Å². The van der Waals surface area contributed by atoms with Gasteiger partial charge in [-0.1, -0.05) is 30.3 Å². The Morgan fingerprint density at radius 2 is 2.10 bits per heavy atom. The molecule has 0 spiro atoms. The van der Waals surface area contributed by atoms with Crippen LogP contribution in [0.3, 0.4) is 0 Å². The summed E-state index contributed by atoms with van der Waals surface area (Å²) < 4.78 is 24.1. The summed E-state index contributed by atoms with van der Waals surface area (Å²) in [7, 11) is -3.98. The number of nitrogens with one attached hydrogen (secondary N) is 1. The molecule has 0 amide bonds. The maximum Gasteiger partial charge on any atom is 0.337 e. The summed E-state index contributed by atoms with van der Waals surface area (Å²) >= 11 is 8.80. The normalized spacial score (nSPS) is 11.8. The number of hydrogen-bond donors (Lipinski definition) is 2. The molecule has 1 aromatic carbocycles. The number of rotatable bonds is 6. The lowest BCUT2D eigenvalue weighted by Crippen LogP contribution is -2.26. The average molecular weight is 387 g/mol. The maximum absolute atomic E-state index is 12.0. The fourth-order valence-corrected chi connectivity index (χ4v) is 2.87. The van der Waals surface area contributed by atoms with Crippen LogP contribution in [0.5, 0.6) is 0 Å². The second-order valence-electron chi connectivity index (χ2n) is 4.36. The minimum Gasteiger partial charge on any atom is -0.478 e. The van der Waals surface area contributed by atoms with Gasteiger partial charge >= 0.3 is 5.97 Å². The lowest BCUT2D eigenvalue weighted by molar-refractivity contribution is 0.0696. The van der Waals surface area contributed by atoms with Gasteiger partial charge < -0.3 is 5.11 Å². The molecule has 0 aliphatic heterocycles. The molecule has 0 radical (unpaired) electrons. The van der Waals surface area contributed by atoms with Crippen molar-refractivity contribution in [1.29, 1.82) is 0 Å². The maximum atomic E-state index is 12.0. The molecule has 112 valence electrons. The second-order valence-corrected chi connectivity index (χ2v) is 7.24. The molecule has 0 aliphatic rings. The van der Waals surface area contributed by atoms with Crippen LogP contribution in [-0.2, 0) is 14.9 Å². The zero-order valence-corrected chi connectivity index (χ0v) is 13.8. The highest BCUT2D eigenvalue weighted by Gasteiger charge is 2.21.